The highest BCUT2D eigenvalue weighted by atomic mass is 19.1. The van der Waals surface area contributed by atoms with Crippen LogP contribution in [0.1, 0.15) is 51.1 Å². The Balaban J connectivity index is 1.86. The summed E-state index contributed by atoms with van der Waals surface area (Å²) in [6.45, 7) is 6.43. The van der Waals surface area contributed by atoms with Crippen molar-refractivity contribution in [2.45, 2.75) is 51.6 Å². The van der Waals surface area contributed by atoms with Crippen LogP contribution in [0.25, 0.3) is 0 Å². The second-order valence-electron chi connectivity index (χ2n) is 6.36. The van der Waals surface area contributed by atoms with Gasteiger partial charge in [-0.2, -0.15) is 0 Å². The number of nitrogens with zero attached hydrogens (tertiary/aromatic N) is 1. The van der Waals surface area contributed by atoms with Gasteiger partial charge in [-0.3, -0.25) is 0 Å². The fourth-order valence-electron chi connectivity index (χ4n) is 3.82. The lowest BCUT2D eigenvalue weighted by atomic mass is 10.0. The van der Waals surface area contributed by atoms with Crippen LogP contribution < -0.4 is 10.2 Å². The maximum absolute atomic E-state index is 13.7. The van der Waals surface area contributed by atoms with E-state index >= 15 is 0 Å². The number of benzene rings is 1. The third-order valence-corrected chi connectivity index (χ3v) is 4.88. The molecule has 1 heterocycles. The third kappa shape index (κ3) is 2.56. The lowest BCUT2D eigenvalue weighted by Gasteiger charge is -2.32. The van der Waals surface area contributed by atoms with Gasteiger partial charge in [0.2, 0.25) is 0 Å². The van der Waals surface area contributed by atoms with E-state index in [2.05, 4.69) is 24.1 Å². The van der Waals surface area contributed by atoms with Crippen LogP contribution in [0.2, 0.25) is 0 Å². The summed E-state index contributed by atoms with van der Waals surface area (Å²) in [7, 11) is 0. The summed E-state index contributed by atoms with van der Waals surface area (Å²) in [5.41, 5.74) is 2.36. The molecule has 20 heavy (non-hydrogen) atoms. The Morgan fingerprint density at radius 2 is 2.25 bits per heavy atom. The van der Waals surface area contributed by atoms with Crippen molar-refractivity contribution >= 4 is 5.69 Å². The quantitative estimate of drug-likeness (QED) is 0.878. The molecule has 1 aliphatic carbocycles. The van der Waals surface area contributed by atoms with Crippen LogP contribution in [-0.2, 0) is 0 Å². The van der Waals surface area contributed by atoms with Crippen molar-refractivity contribution < 1.29 is 4.39 Å². The number of rotatable bonds is 5. The normalized spacial score (nSPS) is 26.2. The first-order valence-electron chi connectivity index (χ1n) is 7.98. The largest absolute Gasteiger partial charge is 0.368 e. The molecule has 1 aliphatic heterocycles. The molecule has 3 rings (SSSR count). The molecule has 1 N–H and O–H groups in total. The van der Waals surface area contributed by atoms with Gasteiger partial charge in [0, 0.05) is 24.3 Å². The van der Waals surface area contributed by atoms with Gasteiger partial charge in [-0.1, -0.05) is 6.92 Å². The average molecular weight is 276 g/mol. The van der Waals surface area contributed by atoms with Gasteiger partial charge < -0.3 is 10.2 Å². The summed E-state index contributed by atoms with van der Waals surface area (Å²) in [6, 6.07) is 6.20. The predicted molar refractivity (Wildman–Crippen MR) is 81.6 cm³/mol. The first-order valence-corrected chi connectivity index (χ1v) is 7.98. The number of fused-ring (bicyclic) bond motifs is 2. The van der Waals surface area contributed by atoms with Crippen molar-refractivity contribution in [1.29, 1.82) is 0 Å². The van der Waals surface area contributed by atoms with Crippen LogP contribution in [0.15, 0.2) is 18.2 Å². The van der Waals surface area contributed by atoms with Gasteiger partial charge in [-0.05, 0) is 68.8 Å². The molecule has 0 radical (unpaired) electrons. The van der Waals surface area contributed by atoms with Gasteiger partial charge in [0.05, 0.1) is 0 Å². The van der Waals surface area contributed by atoms with Crippen LogP contribution in [-0.4, -0.2) is 19.1 Å². The third-order valence-electron chi connectivity index (χ3n) is 4.88. The van der Waals surface area contributed by atoms with Crippen LogP contribution in [0.5, 0.6) is 0 Å². The van der Waals surface area contributed by atoms with E-state index < -0.39 is 0 Å². The summed E-state index contributed by atoms with van der Waals surface area (Å²) < 4.78 is 13.7. The Morgan fingerprint density at radius 3 is 2.90 bits per heavy atom. The minimum atomic E-state index is -0.127. The van der Waals surface area contributed by atoms with Gasteiger partial charge in [-0.15, -0.1) is 0 Å². The van der Waals surface area contributed by atoms with Gasteiger partial charge >= 0.3 is 0 Å². The van der Waals surface area contributed by atoms with E-state index in [-0.39, 0.29) is 11.9 Å². The lowest BCUT2D eigenvalue weighted by Crippen LogP contribution is -2.33. The molecule has 110 valence electrons. The maximum atomic E-state index is 13.7. The monoisotopic (exact) mass is 276 g/mol. The molecular weight excluding hydrogens is 251 g/mol. The highest BCUT2D eigenvalue weighted by molar-refractivity contribution is 5.57. The predicted octanol–water partition coefficient (Wildman–Crippen LogP) is 3.88. The summed E-state index contributed by atoms with van der Waals surface area (Å²) in [5, 5.41) is 3.49. The summed E-state index contributed by atoms with van der Waals surface area (Å²) in [6.07, 6.45) is 5.11. The summed E-state index contributed by atoms with van der Waals surface area (Å²) >= 11 is 0. The smallest absolute Gasteiger partial charge is 0.123 e. The van der Waals surface area contributed by atoms with E-state index in [1.165, 1.54) is 24.9 Å². The number of halogens is 1. The molecule has 3 heteroatoms. The van der Waals surface area contributed by atoms with E-state index in [4.69, 9.17) is 0 Å². The van der Waals surface area contributed by atoms with Crippen LogP contribution in [0.4, 0.5) is 10.1 Å². The molecule has 0 aromatic heterocycles. The van der Waals surface area contributed by atoms with E-state index in [9.17, 15) is 4.39 Å². The lowest BCUT2D eigenvalue weighted by molar-refractivity contribution is 0.538. The zero-order valence-electron chi connectivity index (χ0n) is 12.5. The van der Waals surface area contributed by atoms with E-state index in [0.29, 0.717) is 6.04 Å². The molecule has 3 atom stereocenters. The number of hydrogen-bond donors (Lipinski definition) is 1. The molecule has 0 spiro atoms. The van der Waals surface area contributed by atoms with E-state index in [1.54, 1.807) is 12.1 Å². The topological polar surface area (TPSA) is 15.3 Å². The van der Waals surface area contributed by atoms with Crippen molar-refractivity contribution in [3.8, 4) is 0 Å². The molecule has 2 nitrogen and oxygen atoms in total. The molecular formula is C17H25FN2. The van der Waals surface area contributed by atoms with Crippen molar-refractivity contribution in [3.05, 3.63) is 29.6 Å². The second kappa shape index (κ2) is 5.72. The van der Waals surface area contributed by atoms with Crippen molar-refractivity contribution in [3.63, 3.8) is 0 Å². The van der Waals surface area contributed by atoms with Crippen molar-refractivity contribution in [2.24, 2.45) is 5.92 Å². The minimum absolute atomic E-state index is 0.127. The molecule has 2 fully saturated rings. The van der Waals surface area contributed by atoms with Crippen molar-refractivity contribution in [2.75, 3.05) is 18.0 Å². The fourth-order valence-corrected chi connectivity index (χ4v) is 3.82. The Kier molecular flexibility index (Phi) is 3.97. The number of hydrogen-bond acceptors (Lipinski definition) is 2. The van der Waals surface area contributed by atoms with Gasteiger partial charge in [-0.25, -0.2) is 4.39 Å². The molecule has 2 bridgehead atoms. The van der Waals surface area contributed by atoms with E-state index in [1.807, 2.05) is 6.07 Å². The summed E-state index contributed by atoms with van der Waals surface area (Å²) in [4.78, 5) is 2.52. The fraction of sp³-hybridized carbons (Fsp3) is 0.647. The SMILES string of the molecule is CCCNC(C)c1cc(F)ccc1N1CC2CCC1C2. The molecule has 0 amide bonds. The molecule has 1 saturated carbocycles. The Labute approximate surface area is 121 Å². The Hall–Kier alpha value is -1.09. The van der Waals surface area contributed by atoms with Gasteiger partial charge in [0.25, 0.3) is 0 Å². The number of piperidine rings is 1. The first kappa shape index (κ1) is 13.9. The highest BCUT2D eigenvalue weighted by Crippen LogP contribution is 2.42. The van der Waals surface area contributed by atoms with Crippen LogP contribution >= 0.6 is 0 Å². The zero-order valence-corrected chi connectivity index (χ0v) is 12.5. The van der Waals surface area contributed by atoms with E-state index in [0.717, 1.165) is 31.0 Å². The first-order chi connectivity index (χ1) is 9.69. The maximum Gasteiger partial charge on any atom is 0.123 e. The van der Waals surface area contributed by atoms with Gasteiger partial charge in [0.1, 0.15) is 5.82 Å². The molecule has 1 aromatic carbocycles. The molecule has 1 saturated heterocycles. The number of anilines is 1. The summed E-state index contributed by atoms with van der Waals surface area (Å²) in [5.74, 6) is 0.732. The minimum Gasteiger partial charge on any atom is -0.368 e. The van der Waals surface area contributed by atoms with Crippen molar-refractivity contribution in [1.82, 2.24) is 5.32 Å². The highest BCUT2D eigenvalue weighted by Gasteiger charge is 2.38. The number of nitrogens with one attached hydrogen (secondary N) is 1. The molecule has 2 aliphatic rings. The van der Waals surface area contributed by atoms with Crippen LogP contribution in [0.3, 0.4) is 0 Å². The Bertz CT molecular complexity index is 474. The zero-order chi connectivity index (χ0) is 14.1. The average Bonchev–Trinajstić information content (AvgIpc) is 3.07. The molecule has 3 unspecified atom stereocenters. The molecule has 1 aromatic rings. The standard InChI is InChI=1S/C17H25FN2/c1-3-8-19-12(2)16-10-14(18)5-7-17(16)20-11-13-4-6-15(20)9-13/h5,7,10,12-13,15,19H,3-4,6,8-9,11H2,1-2H3. The van der Waals surface area contributed by atoms with Gasteiger partial charge in [0.15, 0.2) is 0 Å². The van der Waals surface area contributed by atoms with Crippen LogP contribution in [0, 0.1) is 11.7 Å². The second-order valence-corrected chi connectivity index (χ2v) is 6.36. The Morgan fingerprint density at radius 1 is 1.40 bits per heavy atom.